The molecule has 2 aromatic carbocycles. The molecule has 0 aliphatic heterocycles. The van der Waals surface area contributed by atoms with Crippen LogP contribution in [0.15, 0.2) is 48.5 Å². The molecular weight excluding hydrogens is 246 g/mol. The highest BCUT2D eigenvalue weighted by Gasteiger charge is 2.10. The number of halogens is 1. The molecule has 0 saturated heterocycles. The summed E-state index contributed by atoms with van der Waals surface area (Å²) in [4.78, 5) is 0. The molecule has 94 valence electrons. The number of aliphatic hydroxyl groups excluding tert-OH is 1. The van der Waals surface area contributed by atoms with E-state index in [9.17, 15) is 5.11 Å². The summed E-state index contributed by atoms with van der Waals surface area (Å²) < 4.78 is 0. The lowest BCUT2D eigenvalue weighted by molar-refractivity contribution is 0.282. The van der Waals surface area contributed by atoms with E-state index in [1.54, 1.807) is 0 Å². The van der Waals surface area contributed by atoms with Crippen LogP contribution < -0.4 is 5.32 Å². The van der Waals surface area contributed by atoms with Gasteiger partial charge in [0.1, 0.15) is 0 Å². The molecule has 0 aliphatic carbocycles. The van der Waals surface area contributed by atoms with Crippen LogP contribution in [-0.2, 0) is 6.61 Å². The molecule has 0 aliphatic rings. The van der Waals surface area contributed by atoms with E-state index < -0.39 is 0 Å². The molecule has 2 aromatic rings. The predicted molar refractivity (Wildman–Crippen MR) is 75.9 cm³/mol. The molecule has 2 N–H and O–H groups in total. The van der Waals surface area contributed by atoms with Gasteiger partial charge >= 0.3 is 0 Å². The smallest absolute Gasteiger partial charge is 0.0701 e. The number of nitrogens with one attached hydrogen (secondary N) is 1. The fraction of sp³-hybridized carbons (Fsp3) is 0.200. The zero-order valence-corrected chi connectivity index (χ0v) is 11.0. The highest BCUT2D eigenvalue weighted by Crippen LogP contribution is 2.27. The Bertz CT molecular complexity index is 527. The number of hydrogen-bond donors (Lipinski definition) is 2. The van der Waals surface area contributed by atoms with Crippen molar-refractivity contribution in [1.82, 2.24) is 0 Å². The van der Waals surface area contributed by atoms with E-state index in [-0.39, 0.29) is 12.6 Å². The van der Waals surface area contributed by atoms with Gasteiger partial charge in [0.15, 0.2) is 0 Å². The Balaban J connectivity index is 2.21. The van der Waals surface area contributed by atoms with Crippen LogP contribution >= 0.6 is 11.6 Å². The van der Waals surface area contributed by atoms with Crippen LogP contribution in [0.5, 0.6) is 0 Å². The fourth-order valence-corrected chi connectivity index (χ4v) is 2.24. The summed E-state index contributed by atoms with van der Waals surface area (Å²) in [5.41, 5.74) is 2.87. The Morgan fingerprint density at radius 1 is 1.11 bits per heavy atom. The molecule has 0 aromatic heterocycles. The van der Waals surface area contributed by atoms with Crippen LogP contribution in [0.4, 0.5) is 5.69 Å². The first-order chi connectivity index (χ1) is 8.72. The van der Waals surface area contributed by atoms with Gasteiger partial charge in [-0.05, 0) is 24.6 Å². The summed E-state index contributed by atoms with van der Waals surface area (Å²) >= 11 is 6.17. The van der Waals surface area contributed by atoms with Crippen molar-refractivity contribution in [2.45, 2.75) is 19.6 Å². The van der Waals surface area contributed by atoms with E-state index in [0.717, 1.165) is 21.8 Å². The summed E-state index contributed by atoms with van der Waals surface area (Å²) in [6, 6.07) is 15.6. The quantitative estimate of drug-likeness (QED) is 0.872. The lowest BCUT2D eigenvalue weighted by atomic mass is 10.1. The molecule has 0 radical (unpaired) electrons. The van der Waals surface area contributed by atoms with E-state index in [1.165, 1.54) is 0 Å². The number of hydrogen-bond acceptors (Lipinski definition) is 2. The fourth-order valence-electron chi connectivity index (χ4n) is 1.94. The Kier molecular flexibility index (Phi) is 4.24. The molecule has 0 bridgehead atoms. The lowest BCUT2D eigenvalue weighted by Crippen LogP contribution is -2.08. The molecule has 0 fully saturated rings. The average molecular weight is 262 g/mol. The van der Waals surface area contributed by atoms with Gasteiger partial charge in [-0.2, -0.15) is 0 Å². The Hall–Kier alpha value is -1.51. The number of anilines is 1. The minimum absolute atomic E-state index is 0.0262. The molecule has 0 saturated carbocycles. The monoisotopic (exact) mass is 261 g/mol. The summed E-state index contributed by atoms with van der Waals surface area (Å²) in [5, 5.41) is 13.4. The number of rotatable bonds is 4. The van der Waals surface area contributed by atoms with Crippen LogP contribution in [-0.4, -0.2) is 5.11 Å². The van der Waals surface area contributed by atoms with Crippen LogP contribution in [0.25, 0.3) is 0 Å². The van der Waals surface area contributed by atoms with Gasteiger partial charge in [0, 0.05) is 16.3 Å². The molecule has 0 spiro atoms. The molecule has 1 unspecified atom stereocenters. The topological polar surface area (TPSA) is 32.3 Å². The molecule has 3 heteroatoms. The summed E-state index contributed by atoms with van der Waals surface area (Å²) in [5.74, 6) is 0. The van der Waals surface area contributed by atoms with Crippen LogP contribution in [0, 0.1) is 0 Å². The number of para-hydroxylation sites is 1. The molecule has 2 rings (SSSR count). The maximum absolute atomic E-state index is 9.29. The van der Waals surface area contributed by atoms with E-state index in [2.05, 4.69) is 12.2 Å². The SMILES string of the molecule is CC(Nc1ccccc1CO)c1ccccc1Cl. The Morgan fingerprint density at radius 3 is 2.50 bits per heavy atom. The van der Waals surface area contributed by atoms with E-state index in [1.807, 2.05) is 48.5 Å². The lowest BCUT2D eigenvalue weighted by Gasteiger charge is -2.18. The van der Waals surface area contributed by atoms with Gasteiger partial charge in [-0.3, -0.25) is 0 Å². The van der Waals surface area contributed by atoms with E-state index in [4.69, 9.17) is 11.6 Å². The second-order valence-electron chi connectivity index (χ2n) is 4.20. The van der Waals surface area contributed by atoms with Gasteiger partial charge in [0.2, 0.25) is 0 Å². The first kappa shape index (κ1) is 12.9. The van der Waals surface area contributed by atoms with Gasteiger partial charge in [-0.1, -0.05) is 48.0 Å². The van der Waals surface area contributed by atoms with Gasteiger partial charge in [0.25, 0.3) is 0 Å². The van der Waals surface area contributed by atoms with Gasteiger partial charge in [-0.25, -0.2) is 0 Å². The van der Waals surface area contributed by atoms with Crippen molar-refractivity contribution in [1.29, 1.82) is 0 Å². The number of benzene rings is 2. The van der Waals surface area contributed by atoms with Crippen molar-refractivity contribution < 1.29 is 5.11 Å². The van der Waals surface area contributed by atoms with Gasteiger partial charge in [-0.15, -0.1) is 0 Å². The standard InChI is InChI=1S/C15H16ClNO/c1-11(13-7-3-4-8-14(13)16)17-15-9-5-2-6-12(15)10-18/h2-9,11,17-18H,10H2,1H3. The molecular formula is C15H16ClNO. The highest BCUT2D eigenvalue weighted by molar-refractivity contribution is 6.31. The van der Waals surface area contributed by atoms with E-state index in [0.29, 0.717) is 0 Å². The second-order valence-corrected chi connectivity index (χ2v) is 4.61. The minimum Gasteiger partial charge on any atom is -0.392 e. The zero-order chi connectivity index (χ0) is 13.0. The Labute approximate surface area is 112 Å². The molecule has 18 heavy (non-hydrogen) atoms. The van der Waals surface area contributed by atoms with Gasteiger partial charge in [0.05, 0.1) is 12.6 Å². The molecule has 1 atom stereocenters. The van der Waals surface area contributed by atoms with Crippen molar-refractivity contribution in [3.63, 3.8) is 0 Å². The van der Waals surface area contributed by atoms with Crippen LogP contribution in [0.2, 0.25) is 5.02 Å². The molecule has 0 heterocycles. The van der Waals surface area contributed by atoms with Crippen molar-refractivity contribution in [3.8, 4) is 0 Å². The Morgan fingerprint density at radius 2 is 1.78 bits per heavy atom. The largest absolute Gasteiger partial charge is 0.392 e. The summed E-state index contributed by atoms with van der Waals surface area (Å²) in [7, 11) is 0. The van der Waals surface area contributed by atoms with Crippen molar-refractivity contribution >= 4 is 17.3 Å². The van der Waals surface area contributed by atoms with E-state index >= 15 is 0 Å². The summed E-state index contributed by atoms with van der Waals surface area (Å²) in [6.45, 7) is 2.08. The predicted octanol–water partition coefficient (Wildman–Crippen LogP) is 4.01. The second kappa shape index (κ2) is 5.89. The van der Waals surface area contributed by atoms with Crippen LogP contribution in [0.3, 0.4) is 0 Å². The number of aliphatic hydroxyl groups is 1. The highest BCUT2D eigenvalue weighted by atomic mass is 35.5. The molecule has 2 nitrogen and oxygen atoms in total. The first-order valence-electron chi connectivity index (χ1n) is 5.92. The van der Waals surface area contributed by atoms with Crippen molar-refractivity contribution in [2.24, 2.45) is 0 Å². The van der Waals surface area contributed by atoms with Gasteiger partial charge < -0.3 is 10.4 Å². The minimum atomic E-state index is 0.0262. The average Bonchev–Trinajstić information content (AvgIpc) is 2.39. The van der Waals surface area contributed by atoms with Crippen molar-refractivity contribution in [2.75, 3.05) is 5.32 Å². The zero-order valence-electron chi connectivity index (χ0n) is 10.2. The van der Waals surface area contributed by atoms with Crippen LogP contribution in [0.1, 0.15) is 24.1 Å². The molecule has 0 amide bonds. The summed E-state index contributed by atoms with van der Waals surface area (Å²) in [6.07, 6.45) is 0. The maximum atomic E-state index is 9.29. The third-order valence-corrected chi connectivity index (χ3v) is 3.28. The normalized spacial score (nSPS) is 12.2. The maximum Gasteiger partial charge on any atom is 0.0701 e. The first-order valence-corrected chi connectivity index (χ1v) is 6.30. The third-order valence-electron chi connectivity index (χ3n) is 2.93. The van der Waals surface area contributed by atoms with Crippen molar-refractivity contribution in [3.05, 3.63) is 64.7 Å². The third kappa shape index (κ3) is 2.84.